The first-order chi connectivity index (χ1) is 12.2. The van der Waals surface area contributed by atoms with Crippen LogP contribution in [-0.4, -0.2) is 50.5 Å². The van der Waals surface area contributed by atoms with E-state index in [1.54, 1.807) is 19.1 Å². The Morgan fingerprint density at radius 3 is 2.15 bits per heavy atom. The summed E-state index contributed by atoms with van der Waals surface area (Å²) in [6.07, 6.45) is 1.51. The number of hydrogen-bond acceptors (Lipinski definition) is 5. The van der Waals surface area contributed by atoms with Gasteiger partial charge in [-0.2, -0.15) is 0 Å². The van der Waals surface area contributed by atoms with Gasteiger partial charge in [-0.25, -0.2) is 4.79 Å². The summed E-state index contributed by atoms with van der Waals surface area (Å²) in [5.74, 6) is 2.23. The Kier molecular flexibility index (Phi) is 7.03. The van der Waals surface area contributed by atoms with Gasteiger partial charge in [-0.1, -0.05) is 15.9 Å². The second-order valence-corrected chi connectivity index (χ2v) is 8.28. The minimum Gasteiger partial charge on any atom is -0.493 e. The predicted octanol–water partition coefficient (Wildman–Crippen LogP) is 4.49. The van der Waals surface area contributed by atoms with Crippen molar-refractivity contribution in [2.24, 2.45) is 5.92 Å². The van der Waals surface area contributed by atoms with E-state index in [9.17, 15) is 4.79 Å². The topological polar surface area (TPSA) is 57.2 Å². The van der Waals surface area contributed by atoms with Crippen molar-refractivity contribution in [1.82, 2.24) is 4.90 Å². The third-order valence-corrected chi connectivity index (χ3v) is 4.61. The number of rotatable bonds is 5. The van der Waals surface area contributed by atoms with Crippen LogP contribution in [0.5, 0.6) is 17.2 Å². The van der Waals surface area contributed by atoms with Crippen molar-refractivity contribution in [2.45, 2.75) is 39.2 Å². The van der Waals surface area contributed by atoms with Gasteiger partial charge in [0.15, 0.2) is 11.5 Å². The number of ether oxygens (including phenoxy) is 4. The van der Waals surface area contributed by atoms with Gasteiger partial charge in [0.2, 0.25) is 5.75 Å². The number of piperidine rings is 1. The van der Waals surface area contributed by atoms with E-state index in [1.165, 1.54) is 0 Å². The molecule has 1 fully saturated rings. The fraction of sp³-hybridized carbons (Fsp3) is 0.632. The lowest BCUT2D eigenvalue weighted by atomic mass is 9.98. The van der Waals surface area contributed by atoms with Gasteiger partial charge in [0.25, 0.3) is 0 Å². The van der Waals surface area contributed by atoms with E-state index >= 15 is 0 Å². The molecule has 1 aliphatic rings. The second kappa shape index (κ2) is 8.84. The van der Waals surface area contributed by atoms with Gasteiger partial charge in [0, 0.05) is 17.6 Å². The third-order valence-electron chi connectivity index (χ3n) is 4.15. The van der Waals surface area contributed by atoms with E-state index in [1.807, 2.05) is 32.9 Å². The number of halogens is 1. The Hall–Kier alpha value is -1.63. The Morgan fingerprint density at radius 1 is 1.15 bits per heavy atom. The van der Waals surface area contributed by atoms with E-state index in [-0.39, 0.29) is 6.09 Å². The zero-order chi connectivity index (χ0) is 19.3. The zero-order valence-electron chi connectivity index (χ0n) is 16.1. The van der Waals surface area contributed by atoms with Crippen LogP contribution >= 0.6 is 15.9 Å². The number of likely N-dealkylation sites (tertiary alicyclic amines) is 1. The fourth-order valence-corrected chi connectivity index (χ4v) is 3.22. The number of hydrogen-bond donors (Lipinski definition) is 0. The van der Waals surface area contributed by atoms with Gasteiger partial charge >= 0.3 is 6.09 Å². The van der Waals surface area contributed by atoms with Crippen molar-refractivity contribution in [2.75, 3.05) is 33.9 Å². The van der Waals surface area contributed by atoms with E-state index < -0.39 is 5.60 Å². The average molecular weight is 430 g/mol. The van der Waals surface area contributed by atoms with Crippen LogP contribution in [-0.2, 0) is 4.74 Å². The van der Waals surface area contributed by atoms with E-state index in [4.69, 9.17) is 18.9 Å². The molecule has 0 bridgehead atoms. The van der Waals surface area contributed by atoms with Crippen LogP contribution in [0.25, 0.3) is 0 Å². The molecule has 0 radical (unpaired) electrons. The smallest absolute Gasteiger partial charge is 0.410 e. The Labute approximate surface area is 163 Å². The highest BCUT2D eigenvalue weighted by Gasteiger charge is 2.27. The van der Waals surface area contributed by atoms with Crippen LogP contribution < -0.4 is 14.2 Å². The summed E-state index contributed by atoms with van der Waals surface area (Å²) >= 11 is 3.43. The summed E-state index contributed by atoms with van der Waals surface area (Å²) in [4.78, 5) is 13.9. The van der Waals surface area contributed by atoms with Crippen LogP contribution in [0.2, 0.25) is 0 Å². The van der Waals surface area contributed by atoms with Gasteiger partial charge in [0.05, 0.1) is 20.8 Å². The maximum Gasteiger partial charge on any atom is 0.410 e. The number of methoxy groups -OCH3 is 2. The lowest BCUT2D eigenvalue weighted by Gasteiger charge is -2.33. The van der Waals surface area contributed by atoms with E-state index in [2.05, 4.69) is 15.9 Å². The van der Waals surface area contributed by atoms with E-state index in [0.717, 1.165) is 17.3 Å². The summed E-state index contributed by atoms with van der Waals surface area (Å²) in [5, 5.41) is 0. The van der Waals surface area contributed by atoms with Gasteiger partial charge < -0.3 is 23.8 Å². The van der Waals surface area contributed by atoms with Crippen molar-refractivity contribution in [3.63, 3.8) is 0 Å². The molecule has 26 heavy (non-hydrogen) atoms. The molecule has 7 heteroatoms. The molecule has 0 aromatic heterocycles. The van der Waals surface area contributed by atoms with Gasteiger partial charge in [-0.05, 0) is 51.7 Å². The quantitative estimate of drug-likeness (QED) is 0.689. The van der Waals surface area contributed by atoms with Crippen molar-refractivity contribution >= 4 is 22.0 Å². The molecule has 0 N–H and O–H groups in total. The highest BCUT2D eigenvalue weighted by molar-refractivity contribution is 9.10. The number of amides is 1. The summed E-state index contributed by atoms with van der Waals surface area (Å²) in [6, 6.07) is 3.70. The minimum absolute atomic E-state index is 0.242. The number of carbonyl (C=O) groups excluding carboxylic acids is 1. The lowest BCUT2D eigenvalue weighted by Crippen LogP contribution is -2.42. The van der Waals surface area contributed by atoms with Crippen LogP contribution in [0.3, 0.4) is 0 Å². The summed E-state index contributed by atoms with van der Waals surface area (Å²) in [5.41, 5.74) is -0.467. The lowest BCUT2D eigenvalue weighted by molar-refractivity contribution is 0.0164. The summed E-state index contributed by atoms with van der Waals surface area (Å²) in [7, 11) is 3.21. The number of benzene rings is 1. The molecule has 0 aliphatic carbocycles. The van der Waals surface area contributed by atoms with E-state index in [0.29, 0.717) is 42.9 Å². The van der Waals surface area contributed by atoms with Crippen molar-refractivity contribution in [3.05, 3.63) is 16.6 Å². The third kappa shape index (κ3) is 5.69. The van der Waals surface area contributed by atoms with Gasteiger partial charge in [-0.15, -0.1) is 0 Å². The maximum absolute atomic E-state index is 12.1. The largest absolute Gasteiger partial charge is 0.493 e. The fourth-order valence-electron chi connectivity index (χ4n) is 2.80. The molecular formula is C19H28BrNO5. The van der Waals surface area contributed by atoms with Crippen molar-refractivity contribution in [1.29, 1.82) is 0 Å². The monoisotopic (exact) mass is 429 g/mol. The predicted molar refractivity (Wildman–Crippen MR) is 103 cm³/mol. The SMILES string of the molecule is COc1cc(Br)cc(OC)c1OCC1CCN(C(=O)OC(C)(C)C)CC1. The highest BCUT2D eigenvalue weighted by atomic mass is 79.9. The summed E-state index contributed by atoms with van der Waals surface area (Å²) < 4.78 is 23.1. The minimum atomic E-state index is -0.467. The van der Waals surface area contributed by atoms with Crippen LogP contribution in [0.1, 0.15) is 33.6 Å². The molecule has 146 valence electrons. The molecule has 1 heterocycles. The average Bonchev–Trinajstić information content (AvgIpc) is 2.58. The molecule has 1 aliphatic heterocycles. The first-order valence-electron chi connectivity index (χ1n) is 8.75. The number of carbonyl (C=O) groups is 1. The van der Waals surface area contributed by atoms with Gasteiger partial charge in [0.1, 0.15) is 5.60 Å². The first-order valence-corrected chi connectivity index (χ1v) is 9.55. The normalized spacial score (nSPS) is 15.5. The molecule has 1 amide bonds. The summed E-state index contributed by atoms with van der Waals surface area (Å²) in [6.45, 7) is 7.55. The molecule has 0 unspecified atom stereocenters. The Balaban J connectivity index is 1.90. The molecule has 2 rings (SSSR count). The molecule has 1 aromatic rings. The Morgan fingerprint density at radius 2 is 1.69 bits per heavy atom. The van der Waals surface area contributed by atoms with Crippen molar-refractivity contribution in [3.8, 4) is 17.2 Å². The van der Waals surface area contributed by atoms with Crippen molar-refractivity contribution < 1.29 is 23.7 Å². The molecule has 0 atom stereocenters. The van der Waals surface area contributed by atoms with Crippen LogP contribution in [0.4, 0.5) is 4.79 Å². The molecule has 1 aromatic carbocycles. The standard InChI is InChI=1S/C19H28BrNO5/c1-19(2,3)26-18(22)21-8-6-13(7-9-21)12-25-17-15(23-4)10-14(20)11-16(17)24-5/h10-11,13H,6-9,12H2,1-5H3. The molecule has 1 saturated heterocycles. The van der Waals surface area contributed by atoms with Crippen LogP contribution in [0.15, 0.2) is 16.6 Å². The van der Waals surface area contributed by atoms with Crippen LogP contribution in [0, 0.1) is 5.92 Å². The maximum atomic E-state index is 12.1. The Bertz CT molecular complexity index is 596. The second-order valence-electron chi connectivity index (χ2n) is 7.36. The van der Waals surface area contributed by atoms with Gasteiger partial charge in [-0.3, -0.25) is 0 Å². The molecule has 0 saturated carbocycles. The molecular weight excluding hydrogens is 402 g/mol. The zero-order valence-corrected chi connectivity index (χ0v) is 17.7. The molecule has 6 nitrogen and oxygen atoms in total. The highest BCUT2D eigenvalue weighted by Crippen LogP contribution is 2.40. The first kappa shape index (κ1) is 20.7. The molecule has 0 spiro atoms. The number of nitrogens with zero attached hydrogens (tertiary/aromatic N) is 1.